The van der Waals surface area contributed by atoms with Crippen molar-refractivity contribution in [2.24, 2.45) is 0 Å². The molecule has 7 heteroatoms. The van der Waals surface area contributed by atoms with Gasteiger partial charge >= 0.3 is 12.0 Å². The number of urea groups is 1. The lowest BCUT2D eigenvalue weighted by Gasteiger charge is -2.31. The molecule has 0 atom stereocenters. The third-order valence-corrected chi connectivity index (χ3v) is 4.16. The number of rotatable bonds is 5. The number of thiazole rings is 1. The summed E-state index contributed by atoms with van der Waals surface area (Å²) >= 11 is 1.48. The fraction of sp³-hybridized carbons (Fsp3) is 0.615. The van der Waals surface area contributed by atoms with Crippen LogP contribution in [0.1, 0.15) is 31.4 Å². The molecule has 0 spiro atoms. The van der Waals surface area contributed by atoms with Crippen molar-refractivity contribution >= 4 is 23.3 Å². The Kier molecular flexibility index (Phi) is 4.94. The Labute approximate surface area is 122 Å². The molecule has 1 heterocycles. The number of nitrogens with zero attached hydrogens (tertiary/aromatic N) is 3. The Morgan fingerprint density at radius 1 is 1.45 bits per heavy atom. The third-order valence-electron chi connectivity index (χ3n) is 3.53. The molecule has 0 saturated heterocycles. The first-order valence-corrected chi connectivity index (χ1v) is 7.63. The van der Waals surface area contributed by atoms with Crippen LogP contribution in [0.5, 0.6) is 0 Å². The predicted molar refractivity (Wildman–Crippen MR) is 75.6 cm³/mol. The number of aliphatic carboxylic acids is 1. The Balaban J connectivity index is 2.02. The molecular weight excluding hydrogens is 278 g/mol. The summed E-state index contributed by atoms with van der Waals surface area (Å²) in [4.78, 5) is 30.6. The van der Waals surface area contributed by atoms with Gasteiger partial charge < -0.3 is 14.9 Å². The van der Waals surface area contributed by atoms with E-state index >= 15 is 0 Å². The number of hydrogen-bond acceptors (Lipinski definition) is 4. The molecule has 2 rings (SSSR count). The Morgan fingerprint density at radius 3 is 2.70 bits per heavy atom. The molecule has 110 valence electrons. The quantitative estimate of drug-likeness (QED) is 0.902. The van der Waals surface area contributed by atoms with Crippen LogP contribution in [-0.4, -0.2) is 51.5 Å². The van der Waals surface area contributed by atoms with Gasteiger partial charge in [0.2, 0.25) is 0 Å². The zero-order chi connectivity index (χ0) is 14.5. The molecule has 0 radical (unpaired) electrons. The van der Waals surface area contributed by atoms with Crippen LogP contribution in [0.25, 0.3) is 0 Å². The average molecular weight is 297 g/mol. The van der Waals surface area contributed by atoms with Crippen molar-refractivity contribution in [1.29, 1.82) is 0 Å². The molecule has 1 aliphatic rings. The summed E-state index contributed by atoms with van der Waals surface area (Å²) in [5.41, 5.74) is 2.55. The SMILES string of the molecule is CN(Cc1cscn1)C(=O)N(CC(=O)O)C1CCCC1. The van der Waals surface area contributed by atoms with Gasteiger partial charge in [0.1, 0.15) is 6.54 Å². The zero-order valence-corrected chi connectivity index (χ0v) is 12.3. The first kappa shape index (κ1) is 14.8. The minimum absolute atomic E-state index is 0.0523. The predicted octanol–water partition coefficient (Wildman–Crippen LogP) is 2.02. The van der Waals surface area contributed by atoms with E-state index in [2.05, 4.69) is 4.98 Å². The largest absolute Gasteiger partial charge is 0.480 e. The van der Waals surface area contributed by atoms with Crippen molar-refractivity contribution in [3.63, 3.8) is 0 Å². The monoisotopic (exact) mass is 297 g/mol. The number of carboxylic acid groups (broad SMARTS) is 1. The van der Waals surface area contributed by atoms with Crippen LogP contribution >= 0.6 is 11.3 Å². The van der Waals surface area contributed by atoms with Gasteiger partial charge in [-0.05, 0) is 12.8 Å². The van der Waals surface area contributed by atoms with Gasteiger partial charge in [0.25, 0.3) is 0 Å². The van der Waals surface area contributed by atoms with Crippen LogP contribution in [0.4, 0.5) is 4.79 Å². The summed E-state index contributed by atoms with van der Waals surface area (Å²) < 4.78 is 0. The van der Waals surface area contributed by atoms with Crippen molar-refractivity contribution in [1.82, 2.24) is 14.8 Å². The van der Waals surface area contributed by atoms with Crippen molar-refractivity contribution in [2.45, 2.75) is 38.3 Å². The molecule has 1 N–H and O–H groups in total. The Hall–Kier alpha value is -1.63. The molecule has 1 aliphatic carbocycles. The second-order valence-corrected chi connectivity index (χ2v) is 5.80. The van der Waals surface area contributed by atoms with E-state index in [0.717, 1.165) is 31.4 Å². The average Bonchev–Trinajstić information content (AvgIpc) is 3.07. The van der Waals surface area contributed by atoms with E-state index in [1.54, 1.807) is 12.6 Å². The second kappa shape index (κ2) is 6.69. The van der Waals surface area contributed by atoms with Crippen LogP contribution in [0.3, 0.4) is 0 Å². The third kappa shape index (κ3) is 3.69. The van der Waals surface area contributed by atoms with E-state index in [9.17, 15) is 9.59 Å². The van der Waals surface area contributed by atoms with Crippen molar-refractivity contribution < 1.29 is 14.7 Å². The summed E-state index contributed by atoms with van der Waals surface area (Å²) in [6.07, 6.45) is 3.90. The molecule has 1 aromatic heterocycles. The zero-order valence-electron chi connectivity index (χ0n) is 11.5. The summed E-state index contributed by atoms with van der Waals surface area (Å²) in [5, 5.41) is 10.9. The molecule has 6 nitrogen and oxygen atoms in total. The van der Waals surface area contributed by atoms with Gasteiger partial charge in [-0.2, -0.15) is 0 Å². The smallest absolute Gasteiger partial charge is 0.323 e. The first-order valence-electron chi connectivity index (χ1n) is 6.68. The summed E-state index contributed by atoms with van der Waals surface area (Å²) in [6.45, 7) is 0.177. The van der Waals surface area contributed by atoms with E-state index in [4.69, 9.17) is 5.11 Å². The minimum atomic E-state index is -0.965. The molecule has 1 fully saturated rings. The summed E-state index contributed by atoms with van der Waals surface area (Å²) in [5.74, 6) is -0.965. The van der Waals surface area contributed by atoms with Crippen LogP contribution in [-0.2, 0) is 11.3 Å². The number of hydrogen-bond donors (Lipinski definition) is 1. The van der Waals surface area contributed by atoms with Gasteiger partial charge in [0, 0.05) is 18.5 Å². The van der Waals surface area contributed by atoms with E-state index in [-0.39, 0.29) is 18.6 Å². The Morgan fingerprint density at radius 2 is 2.15 bits per heavy atom. The van der Waals surface area contributed by atoms with Crippen molar-refractivity contribution in [2.75, 3.05) is 13.6 Å². The maximum absolute atomic E-state index is 12.5. The highest BCUT2D eigenvalue weighted by molar-refractivity contribution is 7.07. The lowest BCUT2D eigenvalue weighted by atomic mass is 10.2. The van der Waals surface area contributed by atoms with E-state index < -0.39 is 5.97 Å². The molecule has 0 aliphatic heterocycles. The minimum Gasteiger partial charge on any atom is -0.480 e. The van der Waals surface area contributed by atoms with E-state index in [1.807, 2.05) is 5.38 Å². The van der Waals surface area contributed by atoms with Crippen LogP contribution in [0.2, 0.25) is 0 Å². The van der Waals surface area contributed by atoms with Crippen molar-refractivity contribution in [3.8, 4) is 0 Å². The summed E-state index contributed by atoms with van der Waals surface area (Å²) in [6, 6.07) is -0.177. The molecule has 0 unspecified atom stereocenters. The van der Waals surface area contributed by atoms with Crippen LogP contribution in [0.15, 0.2) is 10.9 Å². The lowest BCUT2D eigenvalue weighted by molar-refractivity contribution is -0.138. The van der Waals surface area contributed by atoms with Crippen LogP contribution in [0, 0.1) is 0 Å². The van der Waals surface area contributed by atoms with Gasteiger partial charge in [0.05, 0.1) is 17.7 Å². The number of carbonyl (C=O) groups is 2. The van der Waals surface area contributed by atoms with Gasteiger partial charge in [0.15, 0.2) is 0 Å². The number of amides is 2. The van der Waals surface area contributed by atoms with Gasteiger partial charge in [-0.1, -0.05) is 12.8 Å². The van der Waals surface area contributed by atoms with Gasteiger partial charge in [-0.25, -0.2) is 9.78 Å². The Bertz CT molecular complexity index is 457. The van der Waals surface area contributed by atoms with Crippen molar-refractivity contribution in [3.05, 3.63) is 16.6 Å². The second-order valence-electron chi connectivity index (χ2n) is 5.08. The topological polar surface area (TPSA) is 73.7 Å². The molecule has 2 amide bonds. The highest BCUT2D eigenvalue weighted by atomic mass is 32.1. The number of carbonyl (C=O) groups excluding carboxylic acids is 1. The van der Waals surface area contributed by atoms with Gasteiger partial charge in [-0.15, -0.1) is 11.3 Å². The van der Waals surface area contributed by atoms with Gasteiger partial charge in [-0.3, -0.25) is 4.79 Å². The lowest BCUT2D eigenvalue weighted by Crippen LogP contribution is -2.48. The summed E-state index contributed by atoms with van der Waals surface area (Å²) in [7, 11) is 1.69. The fourth-order valence-electron chi connectivity index (χ4n) is 2.56. The first-order chi connectivity index (χ1) is 9.58. The van der Waals surface area contributed by atoms with E-state index in [1.165, 1.54) is 21.1 Å². The molecule has 1 aromatic rings. The molecule has 0 bridgehead atoms. The molecule has 20 heavy (non-hydrogen) atoms. The fourth-order valence-corrected chi connectivity index (χ4v) is 3.11. The highest BCUT2D eigenvalue weighted by Gasteiger charge is 2.30. The maximum atomic E-state index is 12.5. The number of aromatic nitrogens is 1. The highest BCUT2D eigenvalue weighted by Crippen LogP contribution is 2.24. The normalized spacial score (nSPS) is 15.2. The standard InChI is InChI=1S/C13H19N3O3S/c1-15(6-10-8-20-9-14-10)13(19)16(7-12(17)18)11-4-2-3-5-11/h8-9,11H,2-7H2,1H3,(H,17,18). The molecule has 1 saturated carbocycles. The number of carboxylic acids is 1. The maximum Gasteiger partial charge on any atom is 0.323 e. The van der Waals surface area contributed by atoms with Crippen LogP contribution < -0.4 is 0 Å². The molecular formula is C13H19N3O3S. The van der Waals surface area contributed by atoms with E-state index in [0.29, 0.717) is 6.54 Å². The molecule has 0 aromatic carbocycles.